The molecule has 5 nitrogen and oxygen atoms in total. The Balaban J connectivity index is 6.37. The molecule has 0 fully saturated rings. The van der Waals surface area contributed by atoms with Gasteiger partial charge >= 0.3 is 41.5 Å². The topological polar surface area (TPSA) is 88.5 Å². The molecule has 0 bridgehead atoms. The molecule has 0 aromatic heterocycles. The van der Waals surface area contributed by atoms with Crippen LogP contribution in [0.15, 0.2) is 0 Å². The summed E-state index contributed by atoms with van der Waals surface area (Å²) in [5, 5.41) is -14.1. The SMILES string of the molecule is O=S(=O)(O)C(F)(F)C(F)(F)C(F)(F)C(F)(F)S(=O)(=O)Cl. The van der Waals surface area contributed by atoms with Gasteiger partial charge in [-0.15, -0.1) is 0 Å². The van der Waals surface area contributed by atoms with Crippen molar-refractivity contribution in [3.63, 3.8) is 0 Å². The molecule has 0 rings (SSSR count). The van der Waals surface area contributed by atoms with Crippen molar-refractivity contribution in [2.24, 2.45) is 0 Å². The van der Waals surface area contributed by atoms with Crippen LogP contribution in [0, 0.1) is 0 Å². The Morgan fingerprint density at radius 1 is 0.700 bits per heavy atom. The van der Waals surface area contributed by atoms with E-state index in [4.69, 9.17) is 4.55 Å². The summed E-state index contributed by atoms with van der Waals surface area (Å²) in [5.74, 6) is -15.0. The summed E-state index contributed by atoms with van der Waals surface area (Å²) in [6.07, 6.45) is 0. The Labute approximate surface area is 109 Å². The zero-order valence-corrected chi connectivity index (χ0v) is 10.7. The maximum Gasteiger partial charge on any atom is 0.438 e. The van der Waals surface area contributed by atoms with E-state index in [9.17, 15) is 52.0 Å². The summed E-state index contributed by atoms with van der Waals surface area (Å²) in [5.41, 5.74) is 0. The van der Waals surface area contributed by atoms with Gasteiger partial charge in [0.15, 0.2) is 0 Å². The van der Waals surface area contributed by atoms with Crippen molar-refractivity contribution in [3.8, 4) is 0 Å². The lowest BCUT2D eigenvalue weighted by Crippen LogP contribution is -2.65. The molecule has 0 aliphatic rings. The van der Waals surface area contributed by atoms with E-state index in [2.05, 4.69) is 10.7 Å². The molecular weight excluding hydrogens is 380 g/mol. The van der Waals surface area contributed by atoms with Gasteiger partial charge in [0.05, 0.1) is 0 Å². The molecule has 1 N–H and O–H groups in total. The third-order valence-corrected chi connectivity index (χ3v) is 4.11. The number of alkyl halides is 8. The summed E-state index contributed by atoms with van der Waals surface area (Å²) in [6.45, 7) is 0. The molecule has 0 unspecified atom stereocenters. The van der Waals surface area contributed by atoms with Crippen LogP contribution in [0.3, 0.4) is 0 Å². The summed E-state index contributed by atoms with van der Waals surface area (Å²) in [6, 6.07) is 0. The maximum absolute atomic E-state index is 12.7. The molecule has 0 aliphatic carbocycles. The largest absolute Gasteiger partial charge is 0.438 e. The second-order valence-electron chi connectivity index (χ2n) is 3.10. The second kappa shape index (κ2) is 4.54. The molecule has 122 valence electrons. The van der Waals surface area contributed by atoms with E-state index in [1.807, 2.05) is 0 Å². The standard InChI is InChI=1S/C4HClF8O5S2/c5-19(14,15)3(10,11)1(6,7)2(8,9)4(12,13)20(16,17)18/h(H,16,17,18). The van der Waals surface area contributed by atoms with Gasteiger partial charge < -0.3 is 0 Å². The number of rotatable bonds is 5. The fraction of sp³-hybridized carbons (Fsp3) is 1.00. The van der Waals surface area contributed by atoms with Crippen molar-refractivity contribution in [2.45, 2.75) is 22.4 Å². The van der Waals surface area contributed by atoms with E-state index in [-0.39, 0.29) is 0 Å². The van der Waals surface area contributed by atoms with Crippen molar-refractivity contribution in [2.75, 3.05) is 0 Å². The van der Waals surface area contributed by atoms with E-state index < -0.39 is 41.5 Å². The van der Waals surface area contributed by atoms with Crippen molar-refractivity contribution < 1.29 is 56.5 Å². The predicted molar refractivity (Wildman–Crippen MR) is 46.1 cm³/mol. The fourth-order valence-corrected chi connectivity index (χ4v) is 1.86. The van der Waals surface area contributed by atoms with Crippen molar-refractivity contribution >= 4 is 29.9 Å². The predicted octanol–water partition coefficient (Wildman–Crippen LogP) is 1.90. The van der Waals surface area contributed by atoms with E-state index in [0.717, 1.165) is 0 Å². The van der Waals surface area contributed by atoms with E-state index in [1.165, 1.54) is 0 Å². The van der Waals surface area contributed by atoms with Crippen LogP contribution in [0.1, 0.15) is 0 Å². The molecule has 16 heteroatoms. The van der Waals surface area contributed by atoms with Crippen molar-refractivity contribution in [1.29, 1.82) is 0 Å². The lowest BCUT2D eigenvalue weighted by Gasteiger charge is -2.33. The average Bonchev–Trinajstić information content (AvgIpc) is 2.12. The van der Waals surface area contributed by atoms with Crippen LogP contribution in [0.5, 0.6) is 0 Å². The summed E-state index contributed by atoms with van der Waals surface area (Å²) >= 11 is 0. The lowest BCUT2D eigenvalue weighted by atomic mass is 10.2. The van der Waals surface area contributed by atoms with Gasteiger partial charge in [0.25, 0.3) is 0 Å². The first-order valence-electron chi connectivity index (χ1n) is 3.67. The minimum Gasteiger partial charge on any atom is -0.281 e. The van der Waals surface area contributed by atoms with Crippen LogP contribution in [-0.4, -0.2) is 43.7 Å². The van der Waals surface area contributed by atoms with E-state index in [0.29, 0.717) is 0 Å². The van der Waals surface area contributed by atoms with Gasteiger partial charge in [-0.3, -0.25) is 4.55 Å². The first-order valence-corrected chi connectivity index (χ1v) is 7.42. The van der Waals surface area contributed by atoms with Gasteiger partial charge in [0.2, 0.25) is 0 Å². The first kappa shape index (κ1) is 19.6. The van der Waals surface area contributed by atoms with Crippen LogP contribution >= 0.6 is 10.7 Å². The number of halogens is 9. The van der Waals surface area contributed by atoms with Gasteiger partial charge in [-0.05, 0) is 0 Å². The quantitative estimate of drug-likeness (QED) is 0.447. The highest BCUT2D eigenvalue weighted by atomic mass is 35.7. The fourth-order valence-electron chi connectivity index (χ4n) is 0.681. The minimum absolute atomic E-state index is 3.73. The second-order valence-corrected chi connectivity index (χ2v) is 7.17. The molecular formula is C4HClF8O5S2. The molecule has 20 heavy (non-hydrogen) atoms. The highest BCUT2D eigenvalue weighted by Gasteiger charge is 2.87. The normalized spacial score (nSPS) is 16.3. The molecule has 0 aromatic carbocycles. The summed E-state index contributed by atoms with van der Waals surface area (Å²) in [7, 11) is -10.4. The molecule has 0 aliphatic heterocycles. The van der Waals surface area contributed by atoms with E-state index in [1.54, 1.807) is 0 Å². The molecule has 0 saturated carbocycles. The molecule has 0 aromatic rings. The summed E-state index contributed by atoms with van der Waals surface area (Å²) in [4.78, 5) is 0. The van der Waals surface area contributed by atoms with Crippen molar-refractivity contribution in [3.05, 3.63) is 0 Å². The Morgan fingerprint density at radius 2 is 0.950 bits per heavy atom. The lowest BCUT2D eigenvalue weighted by molar-refractivity contribution is -0.326. The van der Waals surface area contributed by atoms with Gasteiger partial charge in [0.1, 0.15) is 0 Å². The molecule has 0 saturated heterocycles. The van der Waals surface area contributed by atoms with Crippen LogP contribution in [0.4, 0.5) is 35.1 Å². The number of hydrogen-bond acceptors (Lipinski definition) is 4. The Morgan fingerprint density at radius 3 is 1.15 bits per heavy atom. The number of hydrogen-bond donors (Lipinski definition) is 1. The van der Waals surface area contributed by atoms with Crippen LogP contribution in [0.2, 0.25) is 0 Å². The molecule has 0 amide bonds. The van der Waals surface area contributed by atoms with Crippen LogP contribution < -0.4 is 0 Å². The molecule has 0 radical (unpaired) electrons. The van der Waals surface area contributed by atoms with E-state index >= 15 is 0 Å². The van der Waals surface area contributed by atoms with Gasteiger partial charge in [0, 0.05) is 10.7 Å². The molecule has 0 atom stereocenters. The Hall–Kier alpha value is -0.410. The zero-order chi connectivity index (χ0) is 17.0. The minimum atomic E-state index is -7.50. The van der Waals surface area contributed by atoms with Gasteiger partial charge in [-0.1, -0.05) is 0 Å². The highest BCUT2D eigenvalue weighted by Crippen LogP contribution is 2.56. The third-order valence-electron chi connectivity index (χ3n) is 1.76. The maximum atomic E-state index is 12.7. The van der Waals surface area contributed by atoms with Gasteiger partial charge in [-0.25, -0.2) is 8.42 Å². The van der Waals surface area contributed by atoms with Crippen molar-refractivity contribution in [1.82, 2.24) is 0 Å². The Bertz CT molecular complexity index is 540. The smallest absolute Gasteiger partial charge is 0.281 e. The zero-order valence-electron chi connectivity index (χ0n) is 8.30. The molecule has 0 heterocycles. The molecule has 0 spiro atoms. The Kier molecular flexibility index (Phi) is 4.45. The van der Waals surface area contributed by atoms with Crippen LogP contribution in [0.25, 0.3) is 0 Å². The average molecular weight is 381 g/mol. The third kappa shape index (κ3) is 2.43. The highest BCUT2D eigenvalue weighted by molar-refractivity contribution is 8.14. The summed E-state index contributed by atoms with van der Waals surface area (Å²) < 4.78 is 148. The van der Waals surface area contributed by atoms with Crippen LogP contribution in [-0.2, 0) is 19.2 Å². The monoisotopic (exact) mass is 380 g/mol. The first-order chi connectivity index (χ1) is 8.25. The van der Waals surface area contributed by atoms with Gasteiger partial charge in [-0.2, -0.15) is 43.5 Å².